The van der Waals surface area contributed by atoms with Crippen LogP contribution in [0.1, 0.15) is 19.3 Å². The summed E-state index contributed by atoms with van der Waals surface area (Å²) in [5.41, 5.74) is 2.42. The van der Waals surface area contributed by atoms with E-state index in [0.717, 1.165) is 6.54 Å². The molecule has 1 aromatic heterocycles. The molecular formula is C14H19N3. The number of fused-ring (bicyclic) bond motifs is 1. The Kier molecular flexibility index (Phi) is 3.01. The number of anilines is 1. The first-order valence-corrected chi connectivity index (χ1v) is 6.47. The van der Waals surface area contributed by atoms with Gasteiger partial charge in [0.1, 0.15) is 0 Å². The molecule has 3 rings (SSSR count). The van der Waals surface area contributed by atoms with Crippen LogP contribution < -0.4 is 10.6 Å². The van der Waals surface area contributed by atoms with Crippen LogP contribution in [0, 0.1) is 0 Å². The number of benzene rings is 1. The third-order valence-electron chi connectivity index (χ3n) is 3.54. The fraction of sp³-hybridized carbons (Fsp3) is 0.429. The van der Waals surface area contributed by atoms with Crippen molar-refractivity contribution in [2.45, 2.75) is 25.3 Å². The van der Waals surface area contributed by atoms with Crippen LogP contribution in [-0.2, 0) is 0 Å². The van der Waals surface area contributed by atoms with Crippen LogP contribution in [-0.4, -0.2) is 24.1 Å². The van der Waals surface area contributed by atoms with Gasteiger partial charge in [0.05, 0.1) is 5.69 Å². The molecule has 0 aliphatic carbocycles. The van der Waals surface area contributed by atoms with E-state index >= 15 is 0 Å². The van der Waals surface area contributed by atoms with E-state index in [0.29, 0.717) is 6.04 Å². The Hall–Kier alpha value is -1.48. The topological polar surface area (TPSA) is 39.8 Å². The van der Waals surface area contributed by atoms with Crippen LogP contribution >= 0.6 is 0 Å². The van der Waals surface area contributed by atoms with Crippen molar-refractivity contribution in [3.63, 3.8) is 0 Å². The summed E-state index contributed by atoms with van der Waals surface area (Å²) in [5.74, 6) is 0. The van der Waals surface area contributed by atoms with Gasteiger partial charge in [-0.2, -0.15) is 0 Å². The number of H-pyrrole nitrogens is 1. The average molecular weight is 229 g/mol. The van der Waals surface area contributed by atoms with Crippen LogP contribution in [0.2, 0.25) is 0 Å². The maximum absolute atomic E-state index is 3.56. The van der Waals surface area contributed by atoms with Crippen molar-refractivity contribution in [2.75, 3.05) is 18.4 Å². The summed E-state index contributed by atoms with van der Waals surface area (Å²) < 4.78 is 0. The first kappa shape index (κ1) is 10.7. The minimum atomic E-state index is 0.623. The van der Waals surface area contributed by atoms with E-state index in [1.54, 1.807) is 0 Å². The first-order chi connectivity index (χ1) is 8.43. The van der Waals surface area contributed by atoms with Gasteiger partial charge in [-0.1, -0.05) is 24.6 Å². The van der Waals surface area contributed by atoms with Crippen molar-refractivity contribution in [3.05, 3.63) is 30.5 Å². The fourth-order valence-corrected chi connectivity index (χ4v) is 2.55. The highest BCUT2D eigenvalue weighted by Gasteiger charge is 2.12. The van der Waals surface area contributed by atoms with E-state index in [9.17, 15) is 0 Å². The number of para-hydroxylation sites is 1. The molecule has 0 spiro atoms. The van der Waals surface area contributed by atoms with Gasteiger partial charge in [-0.3, -0.25) is 0 Å². The fourth-order valence-electron chi connectivity index (χ4n) is 2.55. The second-order valence-electron chi connectivity index (χ2n) is 4.78. The summed E-state index contributed by atoms with van der Waals surface area (Å²) in [6, 6.07) is 9.03. The van der Waals surface area contributed by atoms with Crippen LogP contribution in [0.5, 0.6) is 0 Å². The van der Waals surface area contributed by atoms with Crippen molar-refractivity contribution in [2.24, 2.45) is 0 Å². The van der Waals surface area contributed by atoms with Crippen LogP contribution in [0.15, 0.2) is 30.5 Å². The predicted octanol–water partition coefficient (Wildman–Crippen LogP) is 2.72. The monoisotopic (exact) mass is 229 g/mol. The molecule has 0 amide bonds. The molecule has 0 radical (unpaired) electrons. The van der Waals surface area contributed by atoms with E-state index in [4.69, 9.17) is 0 Å². The van der Waals surface area contributed by atoms with Gasteiger partial charge in [0.25, 0.3) is 0 Å². The number of piperidine rings is 1. The largest absolute Gasteiger partial charge is 0.382 e. The van der Waals surface area contributed by atoms with Crippen molar-refractivity contribution in [1.29, 1.82) is 0 Å². The zero-order valence-electron chi connectivity index (χ0n) is 10.00. The lowest BCUT2D eigenvalue weighted by molar-refractivity contribution is 0.414. The van der Waals surface area contributed by atoms with E-state index in [1.165, 1.54) is 42.4 Å². The molecule has 1 aliphatic heterocycles. The van der Waals surface area contributed by atoms with Gasteiger partial charge >= 0.3 is 0 Å². The molecule has 0 saturated carbocycles. The minimum absolute atomic E-state index is 0.623. The third kappa shape index (κ3) is 2.29. The van der Waals surface area contributed by atoms with Crippen LogP contribution in [0.3, 0.4) is 0 Å². The van der Waals surface area contributed by atoms with E-state index in [-0.39, 0.29) is 0 Å². The molecule has 1 unspecified atom stereocenters. The molecule has 17 heavy (non-hydrogen) atoms. The molecule has 1 fully saturated rings. The van der Waals surface area contributed by atoms with Crippen LogP contribution in [0.25, 0.3) is 10.9 Å². The maximum atomic E-state index is 3.56. The molecule has 1 atom stereocenters. The Morgan fingerprint density at radius 3 is 3.06 bits per heavy atom. The van der Waals surface area contributed by atoms with Gasteiger partial charge in [-0.15, -0.1) is 0 Å². The molecule has 3 heteroatoms. The summed E-state index contributed by atoms with van der Waals surface area (Å²) in [5, 5.41) is 8.38. The lowest BCUT2D eigenvalue weighted by Crippen LogP contribution is -2.39. The second-order valence-corrected chi connectivity index (χ2v) is 4.78. The van der Waals surface area contributed by atoms with Crippen LogP contribution in [0.4, 0.5) is 5.69 Å². The van der Waals surface area contributed by atoms with Gasteiger partial charge in [0.2, 0.25) is 0 Å². The molecular weight excluding hydrogens is 210 g/mol. The molecule has 2 heterocycles. The standard InChI is InChI=1S/C14H19N3/c1-2-7-13-12(6-1)14(10-17-13)16-9-11-5-3-4-8-15-11/h1-2,6-7,10-11,15-17H,3-5,8-9H2. The lowest BCUT2D eigenvalue weighted by atomic mass is 10.1. The quantitative estimate of drug-likeness (QED) is 0.757. The van der Waals surface area contributed by atoms with Gasteiger partial charge in [-0.25, -0.2) is 0 Å². The van der Waals surface area contributed by atoms with Gasteiger partial charge in [0, 0.05) is 29.7 Å². The number of nitrogens with one attached hydrogen (secondary N) is 3. The number of rotatable bonds is 3. The summed E-state index contributed by atoms with van der Waals surface area (Å²) in [6.45, 7) is 2.18. The summed E-state index contributed by atoms with van der Waals surface area (Å²) in [6.07, 6.45) is 6.03. The van der Waals surface area contributed by atoms with Gasteiger partial charge in [0.15, 0.2) is 0 Å². The molecule has 1 aliphatic rings. The number of hydrogen-bond acceptors (Lipinski definition) is 2. The molecule has 2 aromatic rings. The van der Waals surface area contributed by atoms with E-state index < -0.39 is 0 Å². The van der Waals surface area contributed by atoms with Crippen molar-refractivity contribution in [3.8, 4) is 0 Å². The number of aromatic amines is 1. The second kappa shape index (κ2) is 4.80. The average Bonchev–Trinajstić information content (AvgIpc) is 2.81. The minimum Gasteiger partial charge on any atom is -0.382 e. The molecule has 90 valence electrons. The highest BCUT2D eigenvalue weighted by molar-refractivity contribution is 5.92. The van der Waals surface area contributed by atoms with Crippen molar-refractivity contribution >= 4 is 16.6 Å². The molecule has 1 saturated heterocycles. The molecule has 0 bridgehead atoms. The Bertz CT molecular complexity index is 483. The number of hydrogen-bond donors (Lipinski definition) is 3. The maximum Gasteiger partial charge on any atom is 0.0598 e. The van der Waals surface area contributed by atoms with Crippen molar-refractivity contribution in [1.82, 2.24) is 10.3 Å². The van der Waals surface area contributed by atoms with Gasteiger partial charge in [-0.05, 0) is 25.5 Å². The predicted molar refractivity (Wildman–Crippen MR) is 72.4 cm³/mol. The highest BCUT2D eigenvalue weighted by atomic mass is 15.0. The normalized spacial score (nSPS) is 20.6. The number of aromatic nitrogens is 1. The zero-order chi connectivity index (χ0) is 11.5. The van der Waals surface area contributed by atoms with E-state index in [1.807, 2.05) is 0 Å². The van der Waals surface area contributed by atoms with E-state index in [2.05, 4.69) is 46.1 Å². The van der Waals surface area contributed by atoms with Gasteiger partial charge < -0.3 is 15.6 Å². The smallest absolute Gasteiger partial charge is 0.0598 e. The third-order valence-corrected chi connectivity index (χ3v) is 3.54. The Balaban J connectivity index is 1.68. The summed E-state index contributed by atoms with van der Waals surface area (Å²) in [7, 11) is 0. The lowest BCUT2D eigenvalue weighted by Gasteiger charge is -2.23. The Morgan fingerprint density at radius 1 is 1.24 bits per heavy atom. The Morgan fingerprint density at radius 2 is 2.18 bits per heavy atom. The molecule has 3 nitrogen and oxygen atoms in total. The SMILES string of the molecule is c1ccc2c(NCC3CCCCN3)c[nH]c2c1. The zero-order valence-corrected chi connectivity index (χ0v) is 10.00. The summed E-state index contributed by atoms with van der Waals surface area (Å²) in [4.78, 5) is 3.29. The Labute approximate surface area is 102 Å². The van der Waals surface area contributed by atoms with Crippen molar-refractivity contribution < 1.29 is 0 Å². The summed E-state index contributed by atoms with van der Waals surface area (Å²) >= 11 is 0. The first-order valence-electron chi connectivity index (χ1n) is 6.47. The highest BCUT2D eigenvalue weighted by Crippen LogP contribution is 2.22. The molecule has 1 aromatic carbocycles. The molecule has 3 N–H and O–H groups in total.